The predicted molar refractivity (Wildman–Crippen MR) is 72.0 cm³/mol. The molecule has 0 unspecified atom stereocenters. The SMILES string of the molecule is CN(C)C[C@@H]1CCC[C@@H]2CN(CC3CC3)C[C@@H]21. The van der Waals surface area contributed by atoms with E-state index < -0.39 is 0 Å². The molecule has 0 amide bonds. The Morgan fingerprint density at radius 2 is 1.88 bits per heavy atom. The zero-order valence-corrected chi connectivity index (χ0v) is 11.6. The lowest BCUT2D eigenvalue weighted by atomic mass is 9.74. The van der Waals surface area contributed by atoms with Crippen LogP contribution >= 0.6 is 0 Å². The Labute approximate surface area is 106 Å². The molecule has 3 fully saturated rings. The fourth-order valence-electron chi connectivity index (χ4n) is 4.19. The van der Waals surface area contributed by atoms with E-state index in [0.29, 0.717) is 0 Å². The summed E-state index contributed by atoms with van der Waals surface area (Å²) in [6.45, 7) is 5.57. The van der Waals surface area contributed by atoms with Gasteiger partial charge in [0.1, 0.15) is 0 Å². The van der Waals surface area contributed by atoms with Crippen molar-refractivity contribution in [2.24, 2.45) is 23.7 Å². The Morgan fingerprint density at radius 3 is 2.59 bits per heavy atom. The molecule has 3 atom stereocenters. The molecule has 1 heterocycles. The van der Waals surface area contributed by atoms with Crippen LogP contribution in [0.25, 0.3) is 0 Å². The lowest BCUT2D eigenvalue weighted by molar-refractivity contribution is 0.158. The van der Waals surface area contributed by atoms with Gasteiger partial charge in [-0.15, -0.1) is 0 Å². The molecule has 0 aromatic heterocycles. The van der Waals surface area contributed by atoms with Crippen molar-refractivity contribution in [3.63, 3.8) is 0 Å². The van der Waals surface area contributed by atoms with E-state index in [9.17, 15) is 0 Å². The third kappa shape index (κ3) is 2.85. The molecule has 0 radical (unpaired) electrons. The van der Waals surface area contributed by atoms with Crippen molar-refractivity contribution in [1.29, 1.82) is 0 Å². The van der Waals surface area contributed by atoms with Crippen molar-refractivity contribution >= 4 is 0 Å². The van der Waals surface area contributed by atoms with E-state index in [1.807, 2.05) is 0 Å². The second kappa shape index (κ2) is 4.89. The highest BCUT2D eigenvalue weighted by Gasteiger charge is 2.41. The van der Waals surface area contributed by atoms with Crippen LogP contribution in [-0.4, -0.2) is 50.1 Å². The minimum atomic E-state index is 0.980. The molecule has 2 nitrogen and oxygen atoms in total. The molecule has 1 aliphatic heterocycles. The molecule has 0 spiro atoms. The molecule has 3 rings (SSSR count). The average Bonchev–Trinajstić information content (AvgIpc) is 2.95. The minimum Gasteiger partial charge on any atom is -0.309 e. The summed E-state index contributed by atoms with van der Waals surface area (Å²) in [6.07, 6.45) is 7.49. The fraction of sp³-hybridized carbons (Fsp3) is 1.00. The minimum absolute atomic E-state index is 0.980. The Balaban J connectivity index is 1.57. The van der Waals surface area contributed by atoms with Gasteiger partial charge in [-0.3, -0.25) is 0 Å². The highest BCUT2D eigenvalue weighted by Crippen LogP contribution is 2.41. The van der Waals surface area contributed by atoms with E-state index in [1.54, 1.807) is 0 Å². The van der Waals surface area contributed by atoms with Crippen LogP contribution in [0.1, 0.15) is 32.1 Å². The maximum Gasteiger partial charge on any atom is 0.00161 e. The highest BCUT2D eigenvalue weighted by molar-refractivity contribution is 4.93. The molecule has 2 saturated carbocycles. The molecule has 0 N–H and O–H groups in total. The molecular formula is C15H28N2. The van der Waals surface area contributed by atoms with E-state index >= 15 is 0 Å². The zero-order valence-electron chi connectivity index (χ0n) is 11.6. The summed E-state index contributed by atoms with van der Waals surface area (Å²) in [7, 11) is 4.47. The Kier molecular flexibility index (Phi) is 3.45. The van der Waals surface area contributed by atoms with E-state index in [-0.39, 0.29) is 0 Å². The summed E-state index contributed by atoms with van der Waals surface area (Å²) < 4.78 is 0. The van der Waals surface area contributed by atoms with Crippen molar-refractivity contribution in [2.45, 2.75) is 32.1 Å². The van der Waals surface area contributed by atoms with Gasteiger partial charge in [-0.1, -0.05) is 6.42 Å². The molecule has 2 aliphatic carbocycles. The fourth-order valence-corrected chi connectivity index (χ4v) is 4.19. The van der Waals surface area contributed by atoms with Crippen molar-refractivity contribution in [2.75, 3.05) is 40.3 Å². The Morgan fingerprint density at radius 1 is 1.06 bits per heavy atom. The van der Waals surface area contributed by atoms with Crippen LogP contribution in [-0.2, 0) is 0 Å². The second-order valence-electron chi connectivity index (χ2n) is 7.04. The van der Waals surface area contributed by atoms with Crippen molar-refractivity contribution in [3.8, 4) is 0 Å². The van der Waals surface area contributed by atoms with Gasteiger partial charge in [-0.2, -0.15) is 0 Å². The normalized spacial score (nSPS) is 38.6. The maximum atomic E-state index is 2.79. The largest absolute Gasteiger partial charge is 0.309 e. The number of hydrogen-bond acceptors (Lipinski definition) is 2. The molecule has 1 saturated heterocycles. The molecule has 3 aliphatic rings. The molecule has 0 aromatic rings. The van der Waals surface area contributed by atoms with Crippen LogP contribution < -0.4 is 0 Å². The predicted octanol–water partition coefficient (Wildman–Crippen LogP) is 2.31. The van der Waals surface area contributed by atoms with E-state index in [0.717, 1.165) is 23.7 Å². The van der Waals surface area contributed by atoms with Gasteiger partial charge in [0.15, 0.2) is 0 Å². The average molecular weight is 236 g/mol. The Bertz CT molecular complexity index is 260. The zero-order chi connectivity index (χ0) is 11.8. The third-order valence-corrected chi connectivity index (χ3v) is 5.14. The lowest BCUT2D eigenvalue weighted by Crippen LogP contribution is -2.34. The molecule has 2 heteroatoms. The van der Waals surface area contributed by atoms with Crippen LogP contribution in [0.4, 0.5) is 0 Å². The number of hydrogen-bond donors (Lipinski definition) is 0. The van der Waals surface area contributed by atoms with E-state index in [2.05, 4.69) is 23.9 Å². The first-order chi connectivity index (χ1) is 8.22. The molecular weight excluding hydrogens is 208 g/mol. The first kappa shape index (κ1) is 12.0. The van der Waals surface area contributed by atoms with Gasteiger partial charge in [0.2, 0.25) is 0 Å². The highest BCUT2D eigenvalue weighted by atomic mass is 15.2. The van der Waals surface area contributed by atoms with Crippen LogP contribution in [0.2, 0.25) is 0 Å². The van der Waals surface area contributed by atoms with Gasteiger partial charge in [0.05, 0.1) is 0 Å². The van der Waals surface area contributed by atoms with Gasteiger partial charge in [0, 0.05) is 26.2 Å². The first-order valence-electron chi connectivity index (χ1n) is 7.59. The van der Waals surface area contributed by atoms with Crippen molar-refractivity contribution < 1.29 is 0 Å². The Hall–Kier alpha value is -0.0800. The summed E-state index contributed by atoms with van der Waals surface area (Å²) in [6, 6.07) is 0. The topological polar surface area (TPSA) is 6.48 Å². The second-order valence-corrected chi connectivity index (χ2v) is 7.04. The number of fused-ring (bicyclic) bond motifs is 1. The van der Waals surface area contributed by atoms with Gasteiger partial charge < -0.3 is 9.80 Å². The van der Waals surface area contributed by atoms with Gasteiger partial charge in [0.25, 0.3) is 0 Å². The van der Waals surface area contributed by atoms with Gasteiger partial charge in [-0.25, -0.2) is 0 Å². The summed E-state index contributed by atoms with van der Waals surface area (Å²) in [5.74, 6) is 4.10. The van der Waals surface area contributed by atoms with Gasteiger partial charge >= 0.3 is 0 Å². The summed E-state index contributed by atoms with van der Waals surface area (Å²) in [5.41, 5.74) is 0. The molecule has 0 aromatic carbocycles. The van der Waals surface area contributed by atoms with Crippen LogP contribution in [0.3, 0.4) is 0 Å². The monoisotopic (exact) mass is 236 g/mol. The lowest BCUT2D eigenvalue weighted by Gasteiger charge is -2.34. The third-order valence-electron chi connectivity index (χ3n) is 5.14. The van der Waals surface area contributed by atoms with Crippen LogP contribution in [0, 0.1) is 23.7 Å². The standard InChI is InChI=1S/C15H28N2/c1-16(2)9-13-4-3-5-14-10-17(11-15(13)14)8-12-6-7-12/h12-15H,3-11H2,1-2H3/t13-,14+,15+/m0/s1. The molecule has 17 heavy (non-hydrogen) atoms. The first-order valence-corrected chi connectivity index (χ1v) is 7.59. The van der Waals surface area contributed by atoms with E-state index in [1.165, 1.54) is 58.3 Å². The number of likely N-dealkylation sites (tertiary alicyclic amines) is 1. The van der Waals surface area contributed by atoms with Crippen LogP contribution in [0.15, 0.2) is 0 Å². The van der Waals surface area contributed by atoms with Crippen LogP contribution in [0.5, 0.6) is 0 Å². The van der Waals surface area contributed by atoms with Crippen molar-refractivity contribution in [1.82, 2.24) is 9.80 Å². The number of rotatable bonds is 4. The smallest absolute Gasteiger partial charge is 0.00161 e. The van der Waals surface area contributed by atoms with E-state index in [4.69, 9.17) is 0 Å². The van der Waals surface area contributed by atoms with Crippen molar-refractivity contribution in [3.05, 3.63) is 0 Å². The molecule has 98 valence electrons. The quantitative estimate of drug-likeness (QED) is 0.739. The summed E-state index contributed by atoms with van der Waals surface area (Å²) in [4.78, 5) is 5.19. The molecule has 0 bridgehead atoms. The summed E-state index contributed by atoms with van der Waals surface area (Å²) in [5, 5.41) is 0. The number of nitrogens with zero attached hydrogens (tertiary/aromatic N) is 2. The summed E-state index contributed by atoms with van der Waals surface area (Å²) >= 11 is 0. The maximum absolute atomic E-state index is 2.79. The van der Waals surface area contributed by atoms with Gasteiger partial charge in [-0.05, 0) is 63.5 Å².